The Morgan fingerprint density at radius 2 is 1.23 bits per heavy atom. The number of carbonyl (C=O) groups excluding carboxylic acids is 2. The third kappa shape index (κ3) is 18.5. The molecule has 0 radical (unpaired) electrons. The van der Waals surface area contributed by atoms with E-state index in [9.17, 15) is 9.59 Å². The van der Waals surface area contributed by atoms with Crippen LogP contribution in [0.5, 0.6) is 0 Å². The number of nitrogens with one attached hydrogen (secondary N) is 3. The summed E-state index contributed by atoms with van der Waals surface area (Å²) in [6, 6.07) is 30.8. The number of rotatable bonds is 34. The lowest BCUT2D eigenvalue weighted by Crippen LogP contribution is -2.39. The lowest BCUT2D eigenvalue weighted by atomic mass is 9.79. The van der Waals surface area contributed by atoms with E-state index in [1.165, 1.54) is 0 Å². The average Bonchev–Trinajstić information content (AvgIpc) is 3.87. The van der Waals surface area contributed by atoms with Crippen LogP contribution in [-0.2, 0) is 64.2 Å². The summed E-state index contributed by atoms with van der Waals surface area (Å²) in [6.07, 6.45) is 2.50. The molecule has 0 aromatic heterocycles. The number of carbonyl (C=O) groups is 2. The first-order valence-corrected chi connectivity index (χ1v) is 26.9. The first-order valence-electron chi connectivity index (χ1n) is 23.3. The van der Waals surface area contributed by atoms with Crippen LogP contribution < -0.4 is 16.0 Å². The van der Waals surface area contributed by atoms with Crippen molar-refractivity contribution in [3.05, 3.63) is 108 Å². The van der Waals surface area contributed by atoms with Crippen molar-refractivity contribution in [1.29, 1.82) is 0 Å². The van der Waals surface area contributed by atoms with E-state index >= 15 is 0 Å². The molecule has 5 unspecified atom stereocenters. The number of amides is 3. The van der Waals surface area contributed by atoms with Gasteiger partial charge < -0.3 is 57.9 Å². The van der Waals surface area contributed by atoms with Gasteiger partial charge in [0.15, 0.2) is 0 Å². The fourth-order valence-corrected chi connectivity index (χ4v) is 11.9. The van der Waals surface area contributed by atoms with Gasteiger partial charge in [-0.25, -0.2) is 4.79 Å². The van der Waals surface area contributed by atoms with E-state index < -0.39 is 24.0 Å². The van der Waals surface area contributed by atoms with Crippen LogP contribution in [0.4, 0.5) is 4.79 Å². The molecule has 0 saturated carbocycles. The second-order valence-corrected chi connectivity index (χ2v) is 21.1. The fraction of sp³-hybridized carbons (Fsp3) is 0.592. The van der Waals surface area contributed by atoms with Crippen LogP contribution in [0.1, 0.15) is 76.5 Å². The van der Waals surface area contributed by atoms with Gasteiger partial charge in [0.05, 0.1) is 96.5 Å². The molecular weight excluding hydrogens is 902 g/mol. The van der Waals surface area contributed by atoms with Crippen LogP contribution >= 0.6 is 18.5 Å². The number of urea groups is 1. The maximum Gasteiger partial charge on any atom is 0.327 e. The normalized spacial score (nSPS) is 18.6. The number of benzene rings is 3. The van der Waals surface area contributed by atoms with Crippen molar-refractivity contribution in [3.8, 4) is 0 Å². The van der Waals surface area contributed by atoms with Crippen LogP contribution in [-0.4, -0.2) is 133 Å². The van der Waals surface area contributed by atoms with E-state index in [1.54, 1.807) is 0 Å². The quantitative estimate of drug-likeness (QED) is 0.0232. The van der Waals surface area contributed by atoms with Crippen molar-refractivity contribution in [2.45, 2.75) is 94.4 Å². The highest BCUT2D eigenvalue weighted by Crippen LogP contribution is 2.53. The van der Waals surface area contributed by atoms with E-state index in [-0.39, 0.29) is 43.8 Å². The molecule has 0 bridgehead atoms. The second-order valence-electron chi connectivity index (χ2n) is 16.9. The predicted octanol–water partition coefficient (Wildman–Crippen LogP) is 7.77. The molecule has 2 aliphatic heterocycles. The summed E-state index contributed by atoms with van der Waals surface area (Å²) >= 11 is 7.85. The largest absolute Gasteiger partial charge is 0.379 e. The minimum Gasteiger partial charge on any atom is -0.379 e. The summed E-state index contributed by atoms with van der Waals surface area (Å²) in [5.74, 6) is 0.871. The number of thioether (sulfide) groups is 1. The smallest absolute Gasteiger partial charge is 0.327 e. The maximum atomic E-state index is 13.3. The Hall–Kier alpha value is -2.96. The molecule has 3 aromatic carbocycles. The van der Waals surface area contributed by atoms with Gasteiger partial charge in [0.25, 0.3) is 0 Å². The summed E-state index contributed by atoms with van der Waals surface area (Å²) < 4.78 is 54.0. The van der Waals surface area contributed by atoms with Crippen LogP contribution in [0.2, 0.25) is 0 Å². The topological polar surface area (TPSA) is 153 Å². The van der Waals surface area contributed by atoms with Crippen molar-refractivity contribution < 1.29 is 51.6 Å². The van der Waals surface area contributed by atoms with E-state index in [4.69, 9.17) is 53.8 Å². The SMILES string of the molecule is CCOCCOCCOCCOCCOCCOP(=S)(OCCC(CCNC(=O)CCCC1SCC2NC(=O)NC21)OC(c1ccccc1)(c1ccccc1)c1ccccc1)OC(C)(C)C. The molecular formula is C49H72N3O11PS2. The Labute approximate surface area is 401 Å². The van der Waals surface area contributed by atoms with Gasteiger partial charge in [0.1, 0.15) is 5.60 Å². The molecule has 14 nitrogen and oxygen atoms in total. The number of hydrogen-bond donors (Lipinski definition) is 3. The van der Waals surface area contributed by atoms with E-state index in [1.807, 2.05) is 94.1 Å². The van der Waals surface area contributed by atoms with E-state index in [0.29, 0.717) is 90.5 Å². The zero-order chi connectivity index (χ0) is 46.9. The molecule has 3 aromatic rings. The lowest BCUT2D eigenvalue weighted by molar-refractivity contribution is -0.121. The Bertz CT molecular complexity index is 1770. The van der Waals surface area contributed by atoms with Gasteiger partial charge in [-0.2, -0.15) is 11.8 Å². The van der Waals surface area contributed by atoms with Crippen LogP contribution in [0.15, 0.2) is 91.0 Å². The summed E-state index contributed by atoms with van der Waals surface area (Å²) in [7, 11) is 0. The molecule has 2 heterocycles. The van der Waals surface area contributed by atoms with Gasteiger partial charge in [0, 0.05) is 30.6 Å². The first kappa shape index (κ1) is 54.0. The van der Waals surface area contributed by atoms with Crippen molar-refractivity contribution in [2.24, 2.45) is 0 Å². The first-order chi connectivity index (χ1) is 32.0. The van der Waals surface area contributed by atoms with Crippen LogP contribution in [0.25, 0.3) is 0 Å². The van der Waals surface area contributed by atoms with Gasteiger partial charge in [-0.3, -0.25) is 4.79 Å². The van der Waals surface area contributed by atoms with Gasteiger partial charge in [0.2, 0.25) is 5.91 Å². The highest BCUT2D eigenvalue weighted by molar-refractivity contribution is 8.07. The monoisotopic (exact) mass is 973 g/mol. The predicted molar refractivity (Wildman–Crippen MR) is 262 cm³/mol. The van der Waals surface area contributed by atoms with Crippen molar-refractivity contribution >= 4 is 42.2 Å². The second kappa shape index (κ2) is 29.2. The molecule has 66 heavy (non-hydrogen) atoms. The van der Waals surface area contributed by atoms with E-state index in [0.717, 1.165) is 35.3 Å². The van der Waals surface area contributed by atoms with Gasteiger partial charge >= 0.3 is 12.7 Å². The summed E-state index contributed by atoms with van der Waals surface area (Å²) in [4.78, 5) is 25.1. The highest BCUT2D eigenvalue weighted by Gasteiger charge is 2.43. The molecule has 0 spiro atoms. The molecule has 2 fully saturated rings. The Kier molecular flexibility index (Phi) is 23.8. The summed E-state index contributed by atoms with van der Waals surface area (Å²) in [6.45, 7) is 10.1. The van der Waals surface area contributed by atoms with Gasteiger partial charge in [-0.05, 0) is 81.9 Å². The average molecular weight is 974 g/mol. The molecule has 2 aliphatic rings. The molecule has 17 heteroatoms. The third-order valence-electron chi connectivity index (χ3n) is 10.7. The van der Waals surface area contributed by atoms with Crippen molar-refractivity contribution in [3.63, 3.8) is 0 Å². The van der Waals surface area contributed by atoms with Gasteiger partial charge in [-0.15, -0.1) is 0 Å². The Balaban J connectivity index is 1.18. The molecule has 3 N–H and O–H groups in total. The van der Waals surface area contributed by atoms with Crippen molar-refractivity contribution in [2.75, 3.05) is 91.6 Å². The zero-order valence-electron chi connectivity index (χ0n) is 39.2. The summed E-state index contributed by atoms with van der Waals surface area (Å²) in [5.41, 5.74) is 1.28. The number of hydrogen-bond acceptors (Lipinski definition) is 13. The van der Waals surface area contributed by atoms with Gasteiger partial charge in [-0.1, -0.05) is 91.0 Å². The molecule has 3 amide bonds. The third-order valence-corrected chi connectivity index (χ3v) is 14.9. The zero-order valence-corrected chi connectivity index (χ0v) is 41.7. The minimum absolute atomic E-state index is 0.0188. The lowest BCUT2D eigenvalue weighted by Gasteiger charge is -2.39. The number of fused-ring (bicyclic) bond motifs is 1. The maximum absolute atomic E-state index is 13.3. The van der Waals surface area contributed by atoms with E-state index in [2.05, 4.69) is 52.3 Å². The number of ether oxygens (including phenoxy) is 6. The van der Waals surface area contributed by atoms with Crippen LogP contribution in [0.3, 0.4) is 0 Å². The Morgan fingerprint density at radius 1 is 0.727 bits per heavy atom. The fourth-order valence-electron chi connectivity index (χ4n) is 7.76. The van der Waals surface area contributed by atoms with Crippen molar-refractivity contribution in [1.82, 2.24) is 16.0 Å². The minimum atomic E-state index is -3.25. The molecule has 2 saturated heterocycles. The molecule has 0 aliphatic carbocycles. The molecule has 5 rings (SSSR count). The molecule has 366 valence electrons. The highest BCUT2D eigenvalue weighted by atomic mass is 32.5. The standard InChI is InChI=1S/C49H72N3O11PS2/c1-5-55-28-29-56-30-31-57-32-33-58-34-35-59-36-37-61-64(65,63-48(2,3)4)60-27-25-42(24-26-50-45(53)23-15-22-44-46-43(38-66-44)51-47(54)52-46)62-49(39-16-9-6-10-17-39,40-18-11-7-12-19-40)41-20-13-8-14-21-41/h6-14,16-21,42-44,46H,5,15,22-38H2,1-4H3,(H,50,53)(H2,51,52,54). The summed E-state index contributed by atoms with van der Waals surface area (Å²) in [5, 5.41) is 9.48. The van der Waals surface area contributed by atoms with Crippen LogP contribution in [0, 0.1) is 0 Å². The molecule has 5 atom stereocenters. The Morgan fingerprint density at radius 3 is 1.74 bits per heavy atom.